The molecule has 1 aromatic carbocycles. The van der Waals surface area contributed by atoms with Crippen molar-refractivity contribution in [3.8, 4) is 0 Å². The van der Waals surface area contributed by atoms with Gasteiger partial charge >= 0.3 is 0 Å². The molecule has 1 N–H and O–H groups in total. The molecule has 21 heavy (non-hydrogen) atoms. The SMILES string of the molecule is O=C(c1cc(F)cc(F)c1)N1CCC2(CCNCC2)CC1. The summed E-state index contributed by atoms with van der Waals surface area (Å²) >= 11 is 0. The maximum absolute atomic E-state index is 13.2. The number of nitrogens with one attached hydrogen (secondary N) is 1. The van der Waals surface area contributed by atoms with Crippen molar-refractivity contribution in [2.24, 2.45) is 5.41 Å². The zero-order chi connectivity index (χ0) is 14.9. The van der Waals surface area contributed by atoms with E-state index in [0.29, 0.717) is 18.5 Å². The molecule has 0 aliphatic carbocycles. The maximum atomic E-state index is 13.2. The van der Waals surface area contributed by atoms with E-state index < -0.39 is 11.6 Å². The van der Waals surface area contributed by atoms with Crippen LogP contribution in [0.4, 0.5) is 8.78 Å². The molecule has 3 nitrogen and oxygen atoms in total. The van der Waals surface area contributed by atoms with E-state index in [2.05, 4.69) is 5.32 Å². The van der Waals surface area contributed by atoms with Crippen LogP contribution in [-0.4, -0.2) is 37.0 Å². The Morgan fingerprint density at radius 1 is 1.00 bits per heavy atom. The third-order valence-electron chi connectivity index (χ3n) is 4.89. The predicted octanol–water partition coefficient (Wildman–Crippen LogP) is 2.57. The molecule has 0 radical (unpaired) electrons. The summed E-state index contributed by atoms with van der Waals surface area (Å²) in [6, 6.07) is 3.01. The van der Waals surface area contributed by atoms with Crippen molar-refractivity contribution in [3.63, 3.8) is 0 Å². The molecule has 3 rings (SSSR count). The van der Waals surface area contributed by atoms with Crippen LogP contribution in [0.2, 0.25) is 0 Å². The summed E-state index contributed by atoms with van der Waals surface area (Å²) in [4.78, 5) is 14.1. The quantitative estimate of drug-likeness (QED) is 0.863. The minimum Gasteiger partial charge on any atom is -0.339 e. The van der Waals surface area contributed by atoms with Gasteiger partial charge < -0.3 is 10.2 Å². The van der Waals surface area contributed by atoms with Gasteiger partial charge in [0.25, 0.3) is 5.91 Å². The van der Waals surface area contributed by atoms with Crippen LogP contribution < -0.4 is 5.32 Å². The Balaban J connectivity index is 1.67. The fourth-order valence-electron chi connectivity index (χ4n) is 3.50. The Morgan fingerprint density at radius 3 is 2.14 bits per heavy atom. The van der Waals surface area contributed by atoms with Crippen LogP contribution in [-0.2, 0) is 0 Å². The lowest BCUT2D eigenvalue weighted by Gasteiger charge is -2.44. The Bertz CT molecular complexity index is 511. The molecular formula is C16H20F2N2O. The normalized spacial score (nSPS) is 21.5. The van der Waals surface area contributed by atoms with Gasteiger partial charge in [0.05, 0.1) is 0 Å². The first-order valence-corrected chi connectivity index (χ1v) is 7.54. The van der Waals surface area contributed by atoms with E-state index in [1.807, 2.05) is 0 Å². The van der Waals surface area contributed by atoms with E-state index in [4.69, 9.17) is 0 Å². The highest BCUT2D eigenvalue weighted by Crippen LogP contribution is 2.39. The zero-order valence-corrected chi connectivity index (χ0v) is 12.0. The molecule has 5 heteroatoms. The largest absolute Gasteiger partial charge is 0.339 e. The number of nitrogens with zero attached hydrogens (tertiary/aromatic N) is 1. The molecule has 0 atom stereocenters. The summed E-state index contributed by atoms with van der Waals surface area (Å²) in [7, 11) is 0. The highest BCUT2D eigenvalue weighted by molar-refractivity contribution is 5.94. The molecule has 2 aliphatic heterocycles. The Kier molecular flexibility index (Phi) is 3.93. The van der Waals surface area contributed by atoms with Gasteiger partial charge in [0.15, 0.2) is 0 Å². The van der Waals surface area contributed by atoms with E-state index >= 15 is 0 Å². The van der Waals surface area contributed by atoms with Crippen molar-refractivity contribution >= 4 is 5.91 Å². The lowest BCUT2D eigenvalue weighted by Crippen LogP contribution is -2.47. The van der Waals surface area contributed by atoms with Gasteiger partial charge in [-0.05, 0) is 56.3 Å². The third kappa shape index (κ3) is 3.07. The molecule has 0 bridgehead atoms. The second kappa shape index (κ2) is 5.72. The molecule has 114 valence electrons. The smallest absolute Gasteiger partial charge is 0.254 e. The first-order chi connectivity index (χ1) is 10.1. The van der Waals surface area contributed by atoms with Crippen LogP contribution in [0.15, 0.2) is 18.2 Å². The van der Waals surface area contributed by atoms with Crippen LogP contribution in [0.5, 0.6) is 0 Å². The van der Waals surface area contributed by atoms with Crippen LogP contribution in [0, 0.1) is 17.0 Å². The fourth-order valence-corrected chi connectivity index (χ4v) is 3.50. The highest BCUT2D eigenvalue weighted by atomic mass is 19.1. The molecule has 1 spiro atoms. The molecule has 2 heterocycles. The number of hydrogen-bond donors (Lipinski definition) is 1. The number of amides is 1. The number of hydrogen-bond acceptors (Lipinski definition) is 2. The molecule has 2 fully saturated rings. The number of likely N-dealkylation sites (tertiary alicyclic amines) is 1. The van der Waals surface area contributed by atoms with Crippen LogP contribution in [0.3, 0.4) is 0 Å². The lowest BCUT2D eigenvalue weighted by atomic mass is 9.71. The summed E-state index contributed by atoms with van der Waals surface area (Å²) < 4.78 is 26.4. The van der Waals surface area contributed by atoms with Gasteiger partial charge in [-0.25, -0.2) is 8.78 Å². The Labute approximate surface area is 123 Å². The zero-order valence-electron chi connectivity index (χ0n) is 12.0. The molecule has 0 aromatic heterocycles. The summed E-state index contributed by atoms with van der Waals surface area (Å²) in [6.45, 7) is 3.44. The van der Waals surface area contributed by atoms with Crippen LogP contribution in [0.1, 0.15) is 36.0 Å². The van der Waals surface area contributed by atoms with Gasteiger partial charge in [-0.3, -0.25) is 4.79 Å². The van der Waals surface area contributed by atoms with Gasteiger partial charge in [0.2, 0.25) is 0 Å². The number of carbonyl (C=O) groups excluding carboxylic acids is 1. The van der Waals surface area contributed by atoms with Gasteiger partial charge in [-0.2, -0.15) is 0 Å². The summed E-state index contributed by atoms with van der Waals surface area (Å²) in [5.74, 6) is -1.67. The number of carbonyl (C=O) groups is 1. The van der Waals surface area contributed by atoms with Crippen LogP contribution in [0.25, 0.3) is 0 Å². The number of benzene rings is 1. The van der Waals surface area contributed by atoms with Gasteiger partial charge in [0.1, 0.15) is 11.6 Å². The molecule has 1 aromatic rings. The first-order valence-electron chi connectivity index (χ1n) is 7.54. The molecule has 0 unspecified atom stereocenters. The van der Waals surface area contributed by atoms with Crippen molar-refractivity contribution in [2.45, 2.75) is 25.7 Å². The van der Waals surface area contributed by atoms with Gasteiger partial charge in [-0.15, -0.1) is 0 Å². The maximum Gasteiger partial charge on any atom is 0.254 e. The minimum absolute atomic E-state index is 0.105. The number of rotatable bonds is 1. The molecule has 0 saturated carbocycles. The average Bonchev–Trinajstić information content (AvgIpc) is 2.47. The van der Waals surface area contributed by atoms with Gasteiger partial charge in [0, 0.05) is 24.7 Å². The molecular weight excluding hydrogens is 274 g/mol. The standard InChI is InChI=1S/C16H20F2N2O/c17-13-9-12(10-14(18)11-13)15(21)20-7-3-16(4-8-20)1-5-19-6-2-16/h9-11,19H,1-8H2. The van der Waals surface area contributed by atoms with Gasteiger partial charge in [-0.1, -0.05) is 0 Å². The fraction of sp³-hybridized carbons (Fsp3) is 0.562. The second-order valence-electron chi connectivity index (χ2n) is 6.20. The van der Waals surface area contributed by atoms with E-state index in [-0.39, 0.29) is 11.5 Å². The Morgan fingerprint density at radius 2 is 1.57 bits per heavy atom. The highest BCUT2D eigenvalue weighted by Gasteiger charge is 2.36. The average molecular weight is 294 g/mol. The number of halogens is 2. The monoisotopic (exact) mass is 294 g/mol. The summed E-state index contributed by atoms with van der Waals surface area (Å²) in [6.07, 6.45) is 4.28. The third-order valence-corrected chi connectivity index (χ3v) is 4.89. The van der Waals surface area contributed by atoms with E-state index in [0.717, 1.165) is 57.0 Å². The Hall–Kier alpha value is -1.49. The summed E-state index contributed by atoms with van der Waals surface area (Å²) in [5.41, 5.74) is 0.462. The predicted molar refractivity (Wildman–Crippen MR) is 76.0 cm³/mol. The summed E-state index contributed by atoms with van der Waals surface area (Å²) in [5, 5.41) is 3.36. The topological polar surface area (TPSA) is 32.3 Å². The van der Waals surface area contributed by atoms with E-state index in [9.17, 15) is 13.6 Å². The van der Waals surface area contributed by atoms with Crippen molar-refractivity contribution in [3.05, 3.63) is 35.4 Å². The van der Waals surface area contributed by atoms with Crippen molar-refractivity contribution < 1.29 is 13.6 Å². The van der Waals surface area contributed by atoms with Crippen LogP contribution >= 0.6 is 0 Å². The minimum atomic E-state index is -0.704. The molecule has 2 saturated heterocycles. The van der Waals surface area contributed by atoms with E-state index in [1.54, 1.807) is 4.90 Å². The first kappa shape index (κ1) is 14.4. The van der Waals surface area contributed by atoms with Crippen molar-refractivity contribution in [2.75, 3.05) is 26.2 Å². The van der Waals surface area contributed by atoms with Crippen molar-refractivity contribution in [1.82, 2.24) is 10.2 Å². The van der Waals surface area contributed by atoms with Crippen molar-refractivity contribution in [1.29, 1.82) is 0 Å². The molecule has 1 amide bonds. The second-order valence-corrected chi connectivity index (χ2v) is 6.20. The molecule has 2 aliphatic rings. The lowest BCUT2D eigenvalue weighted by molar-refractivity contribution is 0.0495. The van der Waals surface area contributed by atoms with E-state index in [1.165, 1.54) is 0 Å². The number of piperidine rings is 2.